The Hall–Kier alpha value is -1.28. The lowest BCUT2D eigenvalue weighted by Crippen LogP contribution is -2.58. The van der Waals surface area contributed by atoms with Crippen LogP contribution in [-0.2, 0) is 0 Å². The van der Waals surface area contributed by atoms with Crippen LogP contribution >= 0.6 is 11.6 Å². The van der Waals surface area contributed by atoms with Crippen LogP contribution < -0.4 is 23.8 Å². The average Bonchev–Trinajstić information content (AvgIpc) is 2.68. The van der Waals surface area contributed by atoms with Crippen molar-refractivity contribution >= 4 is 23.0 Å². The number of rotatable bonds is 1. The molecule has 2 heterocycles. The van der Waals surface area contributed by atoms with Crippen molar-refractivity contribution in [2.75, 3.05) is 22.9 Å². The molecule has 0 saturated carbocycles. The third-order valence-electron chi connectivity index (χ3n) is 3.34. The number of anilines is 2. The Labute approximate surface area is 135 Å². The first-order valence-corrected chi connectivity index (χ1v) is 8.21. The summed E-state index contributed by atoms with van der Waals surface area (Å²) in [4.78, 5) is 4.65. The number of halogens is 2. The highest BCUT2D eigenvalue weighted by molar-refractivity contribution is 6.31. The van der Waals surface area contributed by atoms with Crippen molar-refractivity contribution in [1.29, 1.82) is 0 Å². The molecule has 120 valence electrons. The van der Waals surface area contributed by atoms with Crippen molar-refractivity contribution in [2.45, 2.75) is 13.8 Å². The highest BCUT2D eigenvalue weighted by Crippen LogP contribution is 2.44. The number of benzene rings is 1. The second kappa shape index (κ2) is 6.45. The van der Waals surface area contributed by atoms with E-state index in [0.717, 1.165) is 18.1 Å². The van der Waals surface area contributed by atoms with Gasteiger partial charge < -0.3 is 9.80 Å². The Morgan fingerprint density at radius 1 is 1.27 bits per heavy atom. The quantitative estimate of drug-likeness (QED) is 0.747. The largest absolute Gasteiger partial charge is 0.326 e. The van der Waals surface area contributed by atoms with E-state index < -0.39 is 10.2 Å². The van der Waals surface area contributed by atoms with Crippen molar-refractivity contribution in [3.63, 3.8) is 0 Å². The molecule has 0 unspecified atom stereocenters. The maximum absolute atomic E-state index is 8.60. The monoisotopic (exact) mass is 346 g/mol. The minimum atomic E-state index is -4.69. The zero-order valence-electron chi connectivity index (χ0n) is 12.1. The first-order chi connectivity index (χ1) is 10.2. The molecule has 0 aromatic heterocycles. The van der Waals surface area contributed by atoms with Crippen molar-refractivity contribution in [1.82, 2.24) is 0 Å². The minimum absolute atomic E-state index is 0.798. The lowest BCUT2D eigenvalue weighted by molar-refractivity contribution is -1.92. The van der Waals surface area contributed by atoms with Crippen LogP contribution in [0.25, 0.3) is 0 Å². The van der Waals surface area contributed by atoms with Gasteiger partial charge in [0.15, 0.2) is 0 Å². The molecule has 2 aliphatic rings. The molecule has 1 N–H and O–H groups in total. The summed E-state index contributed by atoms with van der Waals surface area (Å²) in [5, 5.41) is 0.798. The first kappa shape index (κ1) is 17.1. The zero-order chi connectivity index (χ0) is 16.5. The topological polar surface area (TPSA) is 95.9 Å². The predicted octanol–water partition coefficient (Wildman–Crippen LogP) is -0.336. The van der Waals surface area contributed by atoms with Gasteiger partial charge in [0.25, 0.3) is 0 Å². The van der Waals surface area contributed by atoms with Gasteiger partial charge in [-0.05, 0) is 43.7 Å². The Balaban J connectivity index is 0.000000309. The van der Waals surface area contributed by atoms with Gasteiger partial charge in [0.1, 0.15) is 5.82 Å². The molecular formula is C14H16Cl2N2O4. The molecule has 6 nitrogen and oxygen atoms in total. The summed E-state index contributed by atoms with van der Waals surface area (Å²) in [6, 6.07) is 6.12. The number of fused-ring (bicyclic) bond motifs is 3. The van der Waals surface area contributed by atoms with Crippen LogP contribution in [-0.4, -0.2) is 17.7 Å². The maximum Gasteiger partial charge on any atom is 0.114 e. The fraction of sp³-hybridized carbons (Fsp3) is 0.286. The van der Waals surface area contributed by atoms with E-state index in [1.54, 1.807) is 0 Å². The second-order valence-electron chi connectivity index (χ2n) is 4.83. The summed E-state index contributed by atoms with van der Waals surface area (Å²) < 4.78 is 32.7. The van der Waals surface area contributed by atoms with Crippen LogP contribution in [0, 0.1) is 10.2 Å². The van der Waals surface area contributed by atoms with Gasteiger partial charge in [0.05, 0.1) is 26.3 Å². The second-order valence-corrected chi connectivity index (χ2v) is 6.06. The molecule has 22 heavy (non-hydrogen) atoms. The normalized spacial score (nSPS) is 16.3. The van der Waals surface area contributed by atoms with E-state index in [-0.39, 0.29) is 0 Å². The number of hydrogen-bond donors (Lipinski definition) is 1. The predicted molar refractivity (Wildman–Crippen MR) is 75.9 cm³/mol. The summed E-state index contributed by atoms with van der Waals surface area (Å²) in [6.07, 6.45) is 4.48. The molecule has 3 rings (SSSR count). The summed E-state index contributed by atoms with van der Waals surface area (Å²) in [5.41, 5.74) is 3.80. The molecule has 8 heteroatoms. The highest BCUT2D eigenvalue weighted by Gasteiger charge is 2.31. The molecule has 0 fully saturated rings. The van der Waals surface area contributed by atoms with E-state index in [1.165, 1.54) is 22.8 Å². The molecular weight excluding hydrogens is 331 g/mol. The fourth-order valence-electron chi connectivity index (χ4n) is 2.51. The van der Waals surface area contributed by atoms with Crippen molar-refractivity contribution in [3.8, 4) is 0 Å². The molecule has 0 atom stereocenters. The highest BCUT2D eigenvalue weighted by atomic mass is 35.7. The van der Waals surface area contributed by atoms with Gasteiger partial charge >= 0.3 is 0 Å². The maximum atomic E-state index is 8.60. The minimum Gasteiger partial charge on any atom is -0.326 e. The van der Waals surface area contributed by atoms with Crippen LogP contribution in [0.15, 0.2) is 41.7 Å². The van der Waals surface area contributed by atoms with Gasteiger partial charge in [0.2, 0.25) is 0 Å². The van der Waals surface area contributed by atoms with Gasteiger partial charge in [-0.2, -0.15) is 14.0 Å². The lowest BCUT2D eigenvalue weighted by Gasteiger charge is -2.26. The summed E-state index contributed by atoms with van der Waals surface area (Å²) >= 11 is 6.09. The van der Waals surface area contributed by atoms with Crippen LogP contribution in [0.1, 0.15) is 13.8 Å². The molecule has 0 bridgehead atoms. The average molecular weight is 347 g/mol. The molecule has 0 aliphatic carbocycles. The van der Waals surface area contributed by atoms with E-state index in [9.17, 15) is 0 Å². The van der Waals surface area contributed by atoms with Gasteiger partial charge in [-0.1, -0.05) is 17.7 Å². The van der Waals surface area contributed by atoms with E-state index in [4.69, 9.17) is 30.2 Å². The SMILES string of the molecule is CCN1C2=CC(C)=CCN2c2cc(Cl)ccc21.[O-][Cl+3]([O-])([O-])O. The Bertz CT molecular complexity index is 620. The van der Waals surface area contributed by atoms with E-state index in [0.29, 0.717) is 0 Å². The molecule has 0 amide bonds. The van der Waals surface area contributed by atoms with E-state index in [1.807, 2.05) is 6.07 Å². The Morgan fingerprint density at radius 2 is 1.91 bits per heavy atom. The van der Waals surface area contributed by atoms with Gasteiger partial charge in [-0.15, -0.1) is 0 Å². The van der Waals surface area contributed by atoms with Crippen molar-refractivity contribution in [3.05, 3.63) is 46.8 Å². The Morgan fingerprint density at radius 3 is 2.50 bits per heavy atom. The van der Waals surface area contributed by atoms with E-state index >= 15 is 0 Å². The van der Waals surface area contributed by atoms with Crippen LogP contribution in [0.4, 0.5) is 11.4 Å². The molecule has 0 saturated heterocycles. The number of nitrogens with zero attached hydrogens (tertiary/aromatic N) is 2. The van der Waals surface area contributed by atoms with Crippen LogP contribution in [0.2, 0.25) is 5.02 Å². The molecule has 0 radical (unpaired) electrons. The molecule has 2 aliphatic heterocycles. The van der Waals surface area contributed by atoms with Gasteiger partial charge in [-0.3, -0.25) is 0 Å². The van der Waals surface area contributed by atoms with Crippen LogP contribution in [0.3, 0.4) is 0 Å². The third kappa shape index (κ3) is 3.92. The third-order valence-corrected chi connectivity index (χ3v) is 3.58. The Kier molecular flexibility index (Phi) is 5.01. The van der Waals surface area contributed by atoms with Crippen molar-refractivity contribution < 1.29 is 28.9 Å². The molecule has 0 spiro atoms. The van der Waals surface area contributed by atoms with Gasteiger partial charge in [0, 0.05) is 18.1 Å². The standard InChI is InChI=1S/C14H15ClN2.ClHO4/c1-3-16-12-5-4-11(15)9-13(12)17-7-6-10(2)8-14(16)17;2-1(3,4)5/h4-6,8-9H,3,7H2,1-2H3;(H,2,3,4,5). The zero-order valence-corrected chi connectivity index (χ0v) is 13.6. The number of allylic oxidation sites excluding steroid dienone is 2. The van der Waals surface area contributed by atoms with Gasteiger partial charge in [-0.25, -0.2) is 0 Å². The summed E-state index contributed by atoms with van der Waals surface area (Å²) in [7, 11) is -4.69. The van der Waals surface area contributed by atoms with Crippen molar-refractivity contribution in [2.24, 2.45) is 0 Å². The van der Waals surface area contributed by atoms with Crippen LogP contribution in [0.5, 0.6) is 0 Å². The van der Waals surface area contributed by atoms with E-state index in [2.05, 4.69) is 47.9 Å². The first-order valence-electron chi connectivity index (χ1n) is 6.57. The summed E-state index contributed by atoms with van der Waals surface area (Å²) in [5.74, 6) is 1.27. The molecule has 1 aromatic carbocycles. The smallest absolute Gasteiger partial charge is 0.114 e. The molecule has 1 aromatic rings. The summed E-state index contributed by atoms with van der Waals surface area (Å²) in [6.45, 7) is 6.23. The fourth-order valence-corrected chi connectivity index (χ4v) is 2.68. The lowest BCUT2D eigenvalue weighted by atomic mass is 10.2. The number of hydrogen-bond acceptors (Lipinski definition) is 6.